The molecule has 2 saturated heterocycles. The summed E-state index contributed by atoms with van der Waals surface area (Å²) in [4.78, 5) is 17.2. The minimum absolute atomic E-state index is 0.0445. The molecule has 2 aliphatic heterocycles. The Bertz CT molecular complexity index is 997. The van der Waals surface area contributed by atoms with Crippen molar-refractivity contribution in [1.82, 2.24) is 9.80 Å². The SMILES string of the molecule is Cc1cc2c(C(C)C)c(C(=O)N3CCC(F)(F)CC3)oc2cc1OC1CCN(C(C)C)CC1. The number of benzene rings is 1. The van der Waals surface area contributed by atoms with Gasteiger partial charge in [-0.05, 0) is 51.2 Å². The van der Waals surface area contributed by atoms with E-state index in [-0.39, 0.29) is 49.6 Å². The quantitative estimate of drug-likeness (QED) is 0.548. The van der Waals surface area contributed by atoms with E-state index in [2.05, 4.69) is 18.7 Å². The molecule has 1 aromatic carbocycles. The molecule has 2 fully saturated rings. The van der Waals surface area contributed by atoms with Crippen LogP contribution in [0.2, 0.25) is 0 Å². The molecular formula is C26H36F2N2O3. The van der Waals surface area contributed by atoms with Gasteiger partial charge in [0.1, 0.15) is 17.4 Å². The molecule has 0 unspecified atom stereocenters. The van der Waals surface area contributed by atoms with Gasteiger partial charge in [0, 0.05) is 62.1 Å². The van der Waals surface area contributed by atoms with Crippen LogP contribution in [0.5, 0.6) is 5.75 Å². The van der Waals surface area contributed by atoms with Crippen LogP contribution < -0.4 is 4.74 Å². The molecule has 3 heterocycles. The highest BCUT2D eigenvalue weighted by Gasteiger charge is 2.37. The van der Waals surface area contributed by atoms with Crippen LogP contribution in [0.15, 0.2) is 16.5 Å². The molecule has 4 rings (SSSR count). The highest BCUT2D eigenvalue weighted by atomic mass is 19.3. The molecule has 2 aliphatic rings. The number of halogens is 2. The van der Waals surface area contributed by atoms with Crippen LogP contribution in [0.4, 0.5) is 8.78 Å². The average Bonchev–Trinajstić information content (AvgIpc) is 3.12. The van der Waals surface area contributed by atoms with E-state index in [9.17, 15) is 13.6 Å². The molecule has 2 aromatic rings. The Morgan fingerprint density at radius 2 is 1.73 bits per heavy atom. The summed E-state index contributed by atoms with van der Waals surface area (Å²) in [6.45, 7) is 12.6. The van der Waals surface area contributed by atoms with Crippen molar-refractivity contribution in [2.24, 2.45) is 0 Å². The Hall–Kier alpha value is -2.15. The summed E-state index contributed by atoms with van der Waals surface area (Å²) < 4.78 is 39.6. The van der Waals surface area contributed by atoms with Gasteiger partial charge in [-0.25, -0.2) is 8.78 Å². The maximum atomic E-state index is 13.6. The number of furan rings is 1. The molecule has 1 amide bonds. The molecule has 5 nitrogen and oxygen atoms in total. The van der Waals surface area contributed by atoms with Crippen LogP contribution in [0.25, 0.3) is 11.0 Å². The summed E-state index contributed by atoms with van der Waals surface area (Å²) in [5.74, 6) is -1.88. The fourth-order valence-electron chi connectivity index (χ4n) is 4.98. The van der Waals surface area contributed by atoms with Gasteiger partial charge in [-0.3, -0.25) is 4.79 Å². The molecule has 0 N–H and O–H groups in total. The van der Waals surface area contributed by atoms with Gasteiger partial charge in [0.25, 0.3) is 11.8 Å². The first kappa shape index (κ1) is 24.0. The Morgan fingerprint density at radius 3 is 2.30 bits per heavy atom. The first-order chi connectivity index (χ1) is 15.6. The number of carbonyl (C=O) groups is 1. The first-order valence-corrected chi connectivity index (χ1v) is 12.2. The van der Waals surface area contributed by atoms with Crippen LogP contribution in [-0.2, 0) is 0 Å². The van der Waals surface area contributed by atoms with Crippen LogP contribution in [0, 0.1) is 6.92 Å². The molecule has 0 bridgehead atoms. The fourth-order valence-corrected chi connectivity index (χ4v) is 4.98. The normalized spacial score (nSPS) is 20.2. The molecule has 182 valence electrons. The summed E-state index contributed by atoms with van der Waals surface area (Å²) in [5, 5.41) is 0.898. The van der Waals surface area contributed by atoms with Gasteiger partial charge < -0.3 is 19.0 Å². The second-order valence-electron chi connectivity index (χ2n) is 10.2. The molecule has 7 heteroatoms. The van der Waals surface area contributed by atoms with Crippen molar-refractivity contribution in [2.75, 3.05) is 26.2 Å². The van der Waals surface area contributed by atoms with Gasteiger partial charge in [0.2, 0.25) is 0 Å². The summed E-state index contributed by atoms with van der Waals surface area (Å²) in [5.41, 5.74) is 2.46. The minimum atomic E-state index is -2.69. The lowest BCUT2D eigenvalue weighted by Crippen LogP contribution is -2.42. The molecule has 1 aromatic heterocycles. The monoisotopic (exact) mass is 462 g/mol. The molecule has 0 spiro atoms. The van der Waals surface area contributed by atoms with E-state index in [1.165, 1.54) is 4.90 Å². The zero-order valence-corrected chi connectivity index (χ0v) is 20.4. The summed E-state index contributed by atoms with van der Waals surface area (Å²) in [6.07, 6.45) is 1.51. The number of alkyl halides is 2. The van der Waals surface area contributed by atoms with Crippen molar-refractivity contribution in [3.8, 4) is 5.75 Å². The number of amides is 1. The predicted molar refractivity (Wildman–Crippen MR) is 125 cm³/mol. The van der Waals surface area contributed by atoms with Crippen LogP contribution in [0.3, 0.4) is 0 Å². The van der Waals surface area contributed by atoms with Gasteiger partial charge in [0.15, 0.2) is 5.76 Å². The van der Waals surface area contributed by atoms with E-state index >= 15 is 0 Å². The highest BCUT2D eigenvalue weighted by Crippen LogP contribution is 2.38. The lowest BCUT2D eigenvalue weighted by Gasteiger charge is -2.34. The zero-order chi connectivity index (χ0) is 23.9. The lowest BCUT2D eigenvalue weighted by molar-refractivity contribution is -0.0498. The van der Waals surface area contributed by atoms with E-state index in [0.717, 1.165) is 48.2 Å². The fraction of sp³-hybridized carbons (Fsp3) is 0.654. The highest BCUT2D eigenvalue weighted by molar-refractivity contribution is 6.00. The number of carbonyl (C=O) groups excluding carboxylic acids is 1. The standard InChI is InChI=1S/C26H36F2N2O3/c1-16(2)23-20-14-18(5)21(32-19-6-10-29(11-7-19)17(3)4)15-22(20)33-24(23)25(31)30-12-8-26(27,28)9-13-30/h14-17,19H,6-13H2,1-5H3. The number of hydrogen-bond donors (Lipinski definition) is 0. The Kier molecular flexibility index (Phi) is 6.72. The molecule has 0 saturated carbocycles. The van der Waals surface area contributed by atoms with E-state index in [1.807, 2.05) is 32.9 Å². The maximum absolute atomic E-state index is 13.6. The Morgan fingerprint density at radius 1 is 1.09 bits per heavy atom. The van der Waals surface area contributed by atoms with Crippen molar-refractivity contribution in [1.29, 1.82) is 0 Å². The molecule has 0 atom stereocenters. The molecule has 33 heavy (non-hydrogen) atoms. The number of ether oxygens (including phenoxy) is 1. The van der Waals surface area contributed by atoms with Crippen LogP contribution in [-0.4, -0.2) is 60.0 Å². The Labute approximate surface area is 195 Å². The predicted octanol–water partition coefficient (Wildman–Crippen LogP) is 5.99. The van der Waals surface area contributed by atoms with E-state index in [0.29, 0.717) is 11.6 Å². The first-order valence-electron chi connectivity index (χ1n) is 12.2. The minimum Gasteiger partial charge on any atom is -0.490 e. The largest absolute Gasteiger partial charge is 0.490 e. The van der Waals surface area contributed by atoms with Gasteiger partial charge in [-0.15, -0.1) is 0 Å². The van der Waals surface area contributed by atoms with Crippen LogP contribution >= 0.6 is 0 Å². The zero-order valence-electron chi connectivity index (χ0n) is 20.4. The van der Waals surface area contributed by atoms with Gasteiger partial charge in [-0.2, -0.15) is 0 Å². The third-order valence-electron chi connectivity index (χ3n) is 7.08. The van der Waals surface area contributed by atoms with Crippen molar-refractivity contribution >= 4 is 16.9 Å². The third-order valence-corrected chi connectivity index (χ3v) is 7.08. The van der Waals surface area contributed by atoms with E-state index in [1.54, 1.807) is 0 Å². The van der Waals surface area contributed by atoms with Gasteiger partial charge >= 0.3 is 0 Å². The number of hydrogen-bond acceptors (Lipinski definition) is 4. The van der Waals surface area contributed by atoms with Crippen molar-refractivity contribution in [2.45, 2.75) is 84.3 Å². The van der Waals surface area contributed by atoms with Gasteiger partial charge in [-0.1, -0.05) is 13.8 Å². The lowest BCUT2D eigenvalue weighted by atomic mass is 9.97. The van der Waals surface area contributed by atoms with Crippen molar-refractivity contribution in [3.05, 3.63) is 29.0 Å². The smallest absolute Gasteiger partial charge is 0.289 e. The third kappa shape index (κ3) is 5.03. The number of piperidine rings is 2. The summed E-state index contributed by atoms with van der Waals surface area (Å²) in [6, 6.07) is 4.48. The number of nitrogens with zero attached hydrogens (tertiary/aromatic N) is 2. The maximum Gasteiger partial charge on any atom is 0.289 e. The topological polar surface area (TPSA) is 45.9 Å². The second kappa shape index (κ2) is 9.24. The van der Waals surface area contributed by atoms with E-state index in [4.69, 9.17) is 9.15 Å². The van der Waals surface area contributed by atoms with Gasteiger partial charge in [0.05, 0.1) is 0 Å². The molecular weight excluding hydrogens is 426 g/mol. The molecule has 0 radical (unpaired) electrons. The van der Waals surface area contributed by atoms with E-state index < -0.39 is 5.92 Å². The number of likely N-dealkylation sites (tertiary alicyclic amines) is 2. The number of fused-ring (bicyclic) bond motifs is 1. The summed E-state index contributed by atoms with van der Waals surface area (Å²) in [7, 11) is 0. The second-order valence-corrected chi connectivity index (χ2v) is 10.2. The molecule has 0 aliphatic carbocycles. The average molecular weight is 463 g/mol. The number of rotatable bonds is 5. The van der Waals surface area contributed by atoms with Crippen molar-refractivity contribution in [3.63, 3.8) is 0 Å². The van der Waals surface area contributed by atoms with Crippen LogP contribution in [0.1, 0.15) is 81.0 Å². The van der Waals surface area contributed by atoms with Crippen molar-refractivity contribution < 1.29 is 22.7 Å². The Balaban J connectivity index is 1.58. The number of aryl methyl sites for hydroxylation is 1. The summed E-state index contributed by atoms with van der Waals surface area (Å²) >= 11 is 0.